The number of para-hydroxylation sites is 1. The van der Waals surface area contributed by atoms with Gasteiger partial charge in [-0.25, -0.2) is 0 Å². The highest BCUT2D eigenvalue weighted by Gasteiger charge is 2.25. The summed E-state index contributed by atoms with van der Waals surface area (Å²) in [4.78, 5) is 4.83. The second-order valence-electron chi connectivity index (χ2n) is 19.6. The van der Waals surface area contributed by atoms with Crippen LogP contribution < -0.4 is 25.4 Å². The topological polar surface area (TPSA) is 66.9 Å². The molecule has 3 aliphatic heterocycles. The summed E-state index contributed by atoms with van der Waals surface area (Å²) in [7, 11) is 0. The highest BCUT2D eigenvalue weighted by Crippen LogP contribution is 2.40. The van der Waals surface area contributed by atoms with E-state index in [2.05, 4.69) is 185 Å². The molecule has 4 aromatic rings. The number of aliphatic imine (C=N–C) groups is 1. The number of nitrogens with one attached hydrogen (secondary N) is 3. The molecule has 0 amide bonds. The van der Waals surface area contributed by atoms with Crippen LogP contribution in [0.5, 0.6) is 11.5 Å². The Balaban J connectivity index is -0.000000778. The van der Waals surface area contributed by atoms with Crippen molar-refractivity contribution in [2.75, 3.05) is 22.7 Å². The summed E-state index contributed by atoms with van der Waals surface area (Å²) in [6.45, 7) is 50.7. The molecule has 8 rings (SSSR count). The summed E-state index contributed by atoms with van der Waals surface area (Å²) < 4.78 is 10.6. The number of benzene rings is 4. The lowest BCUT2D eigenvalue weighted by Crippen LogP contribution is -2.18. The third-order valence-electron chi connectivity index (χ3n) is 10.3. The minimum absolute atomic E-state index is 0. The Hall–Kier alpha value is -4.97. The van der Waals surface area contributed by atoms with Gasteiger partial charge in [0.25, 0.3) is 0 Å². The lowest BCUT2D eigenvalue weighted by atomic mass is 9.81. The van der Waals surface area contributed by atoms with Gasteiger partial charge in [0.2, 0.25) is 6.79 Å². The number of aryl methyl sites for hydroxylation is 1. The summed E-state index contributed by atoms with van der Waals surface area (Å²) in [5.41, 5.74) is 14.9. The number of hydrogen-bond acceptors (Lipinski definition) is 6. The molecular weight excluding hydrogens is 833 g/mol. The molecule has 0 aromatic heterocycles. The Morgan fingerprint density at radius 3 is 1.62 bits per heavy atom. The zero-order chi connectivity index (χ0) is 49.8. The third kappa shape index (κ3) is 20.7. The minimum atomic E-state index is 0. The van der Waals surface area contributed by atoms with E-state index < -0.39 is 0 Å². The average molecular weight is 938 g/mol. The zero-order valence-corrected chi connectivity index (χ0v) is 44.9. The van der Waals surface area contributed by atoms with Crippen molar-refractivity contribution in [1.29, 1.82) is 0 Å². The molecule has 1 aliphatic carbocycles. The van der Waals surface area contributed by atoms with E-state index in [-0.39, 0.29) is 44.1 Å². The third-order valence-corrected chi connectivity index (χ3v) is 10.3. The first kappa shape index (κ1) is 67.3. The quantitative estimate of drug-likeness (QED) is 0.164. The van der Waals surface area contributed by atoms with Crippen LogP contribution >= 0.6 is 0 Å². The van der Waals surface area contributed by atoms with Gasteiger partial charge in [0.05, 0.1) is 16.9 Å². The van der Waals surface area contributed by atoms with E-state index in [1.54, 1.807) is 0 Å². The van der Waals surface area contributed by atoms with Gasteiger partial charge in [0, 0.05) is 17.1 Å². The molecule has 3 heterocycles. The molecule has 384 valence electrons. The van der Waals surface area contributed by atoms with Crippen molar-refractivity contribution >= 4 is 22.8 Å². The number of anilines is 3. The molecule has 6 heteroatoms. The van der Waals surface area contributed by atoms with Crippen LogP contribution in [-0.2, 0) is 29.1 Å². The number of ether oxygens (including phenoxy) is 2. The molecule has 0 unspecified atom stereocenters. The van der Waals surface area contributed by atoms with Crippen LogP contribution in [0.15, 0.2) is 109 Å². The van der Waals surface area contributed by atoms with E-state index in [1.807, 2.05) is 61.5 Å². The van der Waals surface area contributed by atoms with Gasteiger partial charge in [-0.1, -0.05) is 208 Å². The van der Waals surface area contributed by atoms with E-state index >= 15 is 0 Å². The second-order valence-corrected chi connectivity index (χ2v) is 19.6. The number of rotatable bonds is 0. The monoisotopic (exact) mass is 937 g/mol. The van der Waals surface area contributed by atoms with Gasteiger partial charge in [-0.3, -0.25) is 4.99 Å². The van der Waals surface area contributed by atoms with E-state index in [0.29, 0.717) is 6.79 Å². The Kier molecular flexibility index (Phi) is 30.9. The average Bonchev–Trinajstić information content (AvgIpc) is 3.91. The number of hydrogen-bond donors (Lipinski definition) is 3. The fourth-order valence-electron chi connectivity index (χ4n) is 7.45. The fourth-order valence-corrected chi connectivity index (χ4v) is 7.45. The van der Waals surface area contributed by atoms with Crippen molar-refractivity contribution in [3.05, 3.63) is 137 Å². The van der Waals surface area contributed by atoms with Crippen LogP contribution in [0.25, 0.3) is 0 Å². The molecule has 4 aromatic carbocycles. The van der Waals surface area contributed by atoms with Crippen LogP contribution in [0, 0.1) is 0 Å². The molecule has 3 N–H and O–H groups in total. The lowest BCUT2D eigenvalue weighted by Gasteiger charge is -2.28. The first-order valence-corrected chi connectivity index (χ1v) is 24.6. The second kappa shape index (κ2) is 31.2. The predicted molar refractivity (Wildman–Crippen MR) is 310 cm³/mol. The molecule has 0 atom stereocenters. The van der Waals surface area contributed by atoms with E-state index in [1.165, 1.54) is 63.3 Å². The molecule has 0 spiro atoms. The maximum absolute atomic E-state index is 5.31. The van der Waals surface area contributed by atoms with Gasteiger partial charge in [-0.05, 0) is 127 Å². The van der Waals surface area contributed by atoms with Crippen molar-refractivity contribution in [3.8, 4) is 11.5 Å². The van der Waals surface area contributed by atoms with Crippen LogP contribution in [0.1, 0.15) is 213 Å². The van der Waals surface area contributed by atoms with Gasteiger partial charge in [-0.2, -0.15) is 0 Å². The number of allylic oxidation sites excluding steroid dienone is 1. The molecule has 0 saturated heterocycles. The van der Waals surface area contributed by atoms with E-state index in [0.717, 1.165) is 48.0 Å². The highest BCUT2D eigenvalue weighted by atomic mass is 16.7. The predicted octanol–water partition coefficient (Wildman–Crippen LogP) is 19.5. The zero-order valence-electron chi connectivity index (χ0n) is 44.9. The van der Waals surface area contributed by atoms with Gasteiger partial charge in [0.15, 0.2) is 11.5 Å². The molecule has 68 heavy (non-hydrogen) atoms. The van der Waals surface area contributed by atoms with Gasteiger partial charge in [0.1, 0.15) is 5.82 Å². The molecule has 6 nitrogen and oxygen atoms in total. The van der Waals surface area contributed by atoms with Crippen molar-refractivity contribution in [1.82, 2.24) is 0 Å². The molecular formula is C62H104N4O2. The normalized spacial score (nSPS) is 13.9. The molecule has 0 saturated carbocycles. The summed E-state index contributed by atoms with van der Waals surface area (Å²) in [6.07, 6.45) is 5.76. The van der Waals surface area contributed by atoms with Crippen molar-refractivity contribution < 1.29 is 9.47 Å². The Bertz CT molecular complexity index is 2100. The maximum atomic E-state index is 5.31. The largest absolute Gasteiger partial charge is 0.454 e. The van der Waals surface area contributed by atoms with Crippen molar-refractivity contribution in [2.24, 2.45) is 4.99 Å². The van der Waals surface area contributed by atoms with E-state index in [9.17, 15) is 0 Å². The van der Waals surface area contributed by atoms with Gasteiger partial charge >= 0.3 is 0 Å². The van der Waals surface area contributed by atoms with Crippen LogP contribution in [0.3, 0.4) is 0 Å². The molecule has 0 fully saturated rings. The summed E-state index contributed by atoms with van der Waals surface area (Å²) >= 11 is 0. The molecule has 0 radical (unpaired) electrons. The summed E-state index contributed by atoms with van der Waals surface area (Å²) in [6, 6.07) is 27.6. The number of fused-ring (bicyclic) bond motifs is 4. The van der Waals surface area contributed by atoms with Crippen molar-refractivity contribution in [2.45, 2.75) is 215 Å². The first-order valence-electron chi connectivity index (χ1n) is 24.6. The number of nitrogens with zero attached hydrogens (tertiary/aromatic N) is 1. The maximum Gasteiger partial charge on any atom is 0.231 e. The summed E-state index contributed by atoms with van der Waals surface area (Å²) in [5, 5.41) is 9.85. The van der Waals surface area contributed by atoms with Crippen molar-refractivity contribution in [3.63, 3.8) is 0 Å². The van der Waals surface area contributed by atoms with Crippen LogP contribution in [-0.4, -0.2) is 18.0 Å². The Labute approximate surface area is 421 Å². The first-order chi connectivity index (χ1) is 30.6. The van der Waals surface area contributed by atoms with Gasteiger partial charge in [-0.15, -0.1) is 0 Å². The minimum Gasteiger partial charge on any atom is -0.454 e. The highest BCUT2D eigenvalue weighted by molar-refractivity contribution is 6.02. The van der Waals surface area contributed by atoms with E-state index in [4.69, 9.17) is 14.5 Å². The van der Waals surface area contributed by atoms with Crippen LogP contribution in [0.4, 0.5) is 17.1 Å². The molecule has 0 bridgehead atoms. The lowest BCUT2D eigenvalue weighted by molar-refractivity contribution is 0.174. The summed E-state index contributed by atoms with van der Waals surface area (Å²) in [5.74, 6) is 2.58. The Morgan fingerprint density at radius 1 is 0.515 bits per heavy atom. The molecule has 4 aliphatic rings. The van der Waals surface area contributed by atoms with Gasteiger partial charge < -0.3 is 25.4 Å². The fraction of sp³-hybridized carbons (Fsp3) is 0.532. The standard InChI is InChI=1S/2C14H19N.C12H16N2.C11H14O2.4C2H6.3CH4/c1-10-8-9-11-12(14(2,3)4)6-5-7-13(11)15-10;1-14(2,3)15-13-10-6-8-11-7-4-5-9-12(11)13;1-8-13-10-7-5-6-9(11(10)14-8)12(2,3)4;1-11(2,3)8-4-5-9-10(6-8)13-7-12-9;4*1-2;;;/h5-7,15H,1,8-9H2,2-4H3;4-5,7,9H,6,8,10H2,1-3H3;5-7,13-14H,1H2,2-4H3;4-6H,7H2,1-3H3;4*1-2H3;3*1H4. The van der Waals surface area contributed by atoms with Crippen LogP contribution in [0.2, 0.25) is 0 Å². The Morgan fingerprint density at radius 2 is 1.06 bits per heavy atom. The smallest absolute Gasteiger partial charge is 0.231 e. The SMILES string of the molecule is C.C.C.C=C1CCc2c(cccc2C(C)(C)C)N1.C=C1Nc2cccc(C(C)(C)C)c2N1.CC.CC.CC.CC.CC(C)(C)N=C1CCCc2ccccc21.CC(C)(C)c1ccc2c(c1)OCO2.